The van der Waals surface area contributed by atoms with E-state index < -0.39 is 0 Å². The molecule has 0 spiro atoms. The Morgan fingerprint density at radius 2 is 2.25 bits per heavy atom. The number of benzene rings is 1. The van der Waals surface area contributed by atoms with Gasteiger partial charge in [-0.3, -0.25) is 0 Å². The van der Waals surface area contributed by atoms with Crippen LogP contribution in [-0.2, 0) is 0 Å². The van der Waals surface area contributed by atoms with Gasteiger partial charge in [-0.1, -0.05) is 17.7 Å². The number of hydrogen-bond donors (Lipinski definition) is 1. The fourth-order valence-corrected chi connectivity index (χ4v) is 3.03. The Hall–Kier alpha value is -1.52. The normalized spacial score (nSPS) is 20.0. The molecule has 3 rings (SSSR count). The lowest BCUT2D eigenvalue weighted by Gasteiger charge is -2.31. The molecule has 1 aromatic carbocycles. The van der Waals surface area contributed by atoms with Crippen molar-refractivity contribution in [3.8, 4) is 5.69 Å². The fourth-order valence-electron chi connectivity index (χ4n) is 2.77. The standard InChI is InChI=1S/C15H19ClN4/c1-19-9-3-5-12(11-19)18-14-7-2-6-13(16)15(14)20-10-4-8-17-20/h2,4,6-8,10,12,18H,3,5,9,11H2,1H3. The van der Waals surface area contributed by atoms with Crippen LogP contribution in [0, 0.1) is 0 Å². The zero-order chi connectivity index (χ0) is 13.9. The van der Waals surface area contributed by atoms with Crippen molar-refractivity contribution in [2.75, 3.05) is 25.5 Å². The highest BCUT2D eigenvalue weighted by Crippen LogP contribution is 2.29. The molecule has 0 amide bonds. The van der Waals surface area contributed by atoms with E-state index in [1.165, 1.54) is 19.4 Å². The molecule has 2 heterocycles. The predicted molar refractivity (Wildman–Crippen MR) is 82.7 cm³/mol. The summed E-state index contributed by atoms with van der Waals surface area (Å²) < 4.78 is 1.82. The van der Waals surface area contributed by atoms with Crippen LogP contribution in [0.1, 0.15) is 12.8 Å². The molecule has 4 nitrogen and oxygen atoms in total. The van der Waals surface area contributed by atoms with Crippen molar-refractivity contribution in [2.45, 2.75) is 18.9 Å². The van der Waals surface area contributed by atoms with Crippen LogP contribution >= 0.6 is 11.6 Å². The van der Waals surface area contributed by atoms with E-state index in [-0.39, 0.29) is 0 Å². The molecule has 1 aliphatic heterocycles. The molecule has 2 aromatic rings. The van der Waals surface area contributed by atoms with E-state index in [2.05, 4.69) is 28.4 Å². The Bertz CT molecular complexity index is 567. The van der Waals surface area contributed by atoms with Gasteiger partial charge in [0.1, 0.15) is 5.69 Å². The first-order chi connectivity index (χ1) is 9.74. The van der Waals surface area contributed by atoms with Crippen LogP contribution in [0.4, 0.5) is 5.69 Å². The number of halogens is 1. The van der Waals surface area contributed by atoms with E-state index in [0.29, 0.717) is 11.1 Å². The lowest BCUT2D eigenvalue weighted by Crippen LogP contribution is -2.39. The van der Waals surface area contributed by atoms with Crippen molar-refractivity contribution in [1.29, 1.82) is 0 Å². The molecule has 0 bridgehead atoms. The summed E-state index contributed by atoms with van der Waals surface area (Å²) >= 11 is 6.36. The third kappa shape index (κ3) is 2.81. The maximum Gasteiger partial charge on any atom is 0.106 e. The largest absolute Gasteiger partial charge is 0.379 e. The highest BCUT2D eigenvalue weighted by molar-refractivity contribution is 6.33. The van der Waals surface area contributed by atoms with Gasteiger partial charge in [0.2, 0.25) is 0 Å². The molecular formula is C15H19ClN4. The summed E-state index contributed by atoms with van der Waals surface area (Å²) in [5, 5.41) is 8.63. The second-order valence-corrected chi connectivity index (χ2v) is 5.74. The molecule has 5 heteroatoms. The van der Waals surface area contributed by atoms with E-state index >= 15 is 0 Å². The van der Waals surface area contributed by atoms with E-state index in [9.17, 15) is 0 Å². The molecule has 1 aromatic heterocycles. The van der Waals surface area contributed by atoms with Crippen molar-refractivity contribution in [1.82, 2.24) is 14.7 Å². The molecule has 0 saturated carbocycles. The van der Waals surface area contributed by atoms with Crippen LogP contribution in [0.15, 0.2) is 36.7 Å². The molecule has 0 aliphatic carbocycles. The molecule has 106 valence electrons. The van der Waals surface area contributed by atoms with Gasteiger partial charge in [-0.25, -0.2) is 4.68 Å². The SMILES string of the molecule is CN1CCCC(Nc2cccc(Cl)c2-n2cccn2)C1. The molecule has 1 saturated heterocycles. The van der Waals surface area contributed by atoms with Gasteiger partial charge in [0.15, 0.2) is 0 Å². The Balaban J connectivity index is 1.88. The van der Waals surface area contributed by atoms with Crippen molar-refractivity contribution in [2.24, 2.45) is 0 Å². The average molecular weight is 291 g/mol. The summed E-state index contributed by atoms with van der Waals surface area (Å²) in [6, 6.07) is 8.31. The molecule has 1 fully saturated rings. The lowest BCUT2D eigenvalue weighted by atomic mass is 10.1. The van der Waals surface area contributed by atoms with Crippen LogP contribution in [-0.4, -0.2) is 40.9 Å². The zero-order valence-corrected chi connectivity index (χ0v) is 12.3. The van der Waals surface area contributed by atoms with E-state index in [4.69, 9.17) is 11.6 Å². The second-order valence-electron chi connectivity index (χ2n) is 5.33. The van der Waals surface area contributed by atoms with Crippen molar-refractivity contribution in [3.05, 3.63) is 41.7 Å². The first kappa shape index (κ1) is 13.5. The molecule has 1 unspecified atom stereocenters. The smallest absolute Gasteiger partial charge is 0.106 e. The number of anilines is 1. The predicted octanol–water partition coefficient (Wildman–Crippen LogP) is 3.03. The third-order valence-electron chi connectivity index (χ3n) is 3.70. The van der Waals surface area contributed by atoms with Gasteiger partial charge in [0.05, 0.1) is 10.7 Å². The number of piperidine rings is 1. The number of para-hydroxylation sites is 1. The Morgan fingerprint density at radius 1 is 1.35 bits per heavy atom. The summed E-state index contributed by atoms with van der Waals surface area (Å²) in [4.78, 5) is 2.36. The fraction of sp³-hybridized carbons (Fsp3) is 0.400. The molecule has 1 N–H and O–H groups in total. The molecular weight excluding hydrogens is 272 g/mol. The zero-order valence-electron chi connectivity index (χ0n) is 11.6. The minimum Gasteiger partial charge on any atom is -0.379 e. The highest BCUT2D eigenvalue weighted by atomic mass is 35.5. The minimum atomic E-state index is 0.460. The Labute approximate surface area is 124 Å². The Morgan fingerprint density at radius 3 is 3.00 bits per heavy atom. The average Bonchev–Trinajstić information content (AvgIpc) is 2.92. The molecule has 0 radical (unpaired) electrons. The summed E-state index contributed by atoms with van der Waals surface area (Å²) in [5.41, 5.74) is 1.97. The molecule has 20 heavy (non-hydrogen) atoms. The molecule has 1 atom stereocenters. The minimum absolute atomic E-state index is 0.460. The number of likely N-dealkylation sites (N-methyl/N-ethyl adjacent to an activating group) is 1. The quantitative estimate of drug-likeness (QED) is 0.943. The van der Waals surface area contributed by atoms with Crippen LogP contribution in [0.2, 0.25) is 5.02 Å². The van der Waals surface area contributed by atoms with Crippen LogP contribution < -0.4 is 5.32 Å². The summed E-state index contributed by atoms with van der Waals surface area (Å²) in [6.07, 6.45) is 6.10. The third-order valence-corrected chi connectivity index (χ3v) is 4.01. The van der Waals surface area contributed by atoms with Gasteiger partial charge in [-0.2, -0.15) is 5.10 Å². The number of hydrogen-bond acceptors (Lipinski definition) is 3. The maximum atomic E-state index is 6.36. The van der Waals surface area contributed by atoms with Gasteiger partial charge >= 0.3 is 0 Å². The van der Waals surface area contributed by atoms with Gasteiger partial charge < -0.3 is 10.2 Å². The van der Waals surface area contributed by atoms with Crippen molar-refractivity contribution < 1.29 is 0 Å². The number of likely N-dealkylation sites (tertiary alicyclic amines) is 1. The number of nitrogens with one attached hydrogen (secondary N) is 1. The topological polar surface area (TPSA) is 33.1 Å². The highest BCUT2D eigenvalue weighted by Gasteiger charge is 2.19. The van der Waals surface area contributed by atoms with E-state index in [1.807, 2.05) is 29.1 Å². The number of rotatable bonds is 3. The van der Waals surface area contributed by atoms with Gasteiger partial charge in [-0.05, 0) is 44.6 Å². The van der Waals surface area contributed by atoms with E-state index in [1.54, 1.807) is 6.20 Å². The summed E-state index contributed by atoms with van der Waals surface area (Å²) in [6.45, 7) is 2.24. The number of aromatic nitrogens is 2. The summed E-state index contributed by atoms with van der Waals surface area (Å²) in [5.74, 6) is 0. The Kier molecular flexibility index (Phi) is 3.94. The first-order valence-electron chi connectivity index (χ1n) is 6.97. The lowest BCUT2D eigenvalue weighted by molar-refractivity contribution is 0.261. The maximum absolute atomic E-state index is 6.36. The van der Waals surface area contributed by atoms with Gasteiger partial charge in [0, 0.05) is 25.0 Å². The van der Waals surface area contributed by atoms with Crippen molar-refractivity contribution in [3.63, 3.8) is 0 Å². The van der Waals surface area contributed by atoms with E-state index in [0.717, 1.165) is 17.9 Å². The van der Waals surface area contributed by atoms with Crippen LogP contribution in [0.5, 0.6) is 0 Å². The monoisotopic (exact) mass is 290 g/mol. The van der Waals surface area contributed by atoms with Crippen molar-refractivity contribution >= 4 is 17.3 Å². The number of nitrogens with zero attached hydrogens (tertiary/aromatic N) is 3. The van der Waals surface area contributed by atoms with Crippen LogP contribution in [0.3, 0.4) is 0 Å². The second kappa shape index (κ2) is 5.85. The summed E-state index contributed by atoms with van der Waals surface area (Å²) in [7, 11) is 2.17. The molecule has 1 aliphatic rings. The van der Waals surface area contributed by atoms with Crippen LogP contribution in [0.25, 0.3) is 5.69 Å². The van der Waals surface area contributed by atoms with Gasteiger partial charge in [-0.15, -0.1) is 0 Å². The first-order valence-corrected chi connectivity index (χ1v) is 7.35. The van der Waals surface area contributed by atoms with Gasteiger partial charge in [0.25, 0.3) is 0 Å².